The number of anilines is 1. The molecule has 2 rings (SSSR count). The number of nitrogens with zero attached hydrogens (tertiary/aromatic N) is 2. The zero-order chi connectivity index (χ0) is 21.9. The fourth-order valence-corrected chi connectivity index (χ4v) is 2.45. The van der Waals surface area contributed by atoms with Crippen LogP contribution in [-0.4, -0.2) is 62.6 Å². The van der Waals surface area contributed by atoms with Gasteiger partial charge in [0.25, 0.3) is 5.85 Å². The lowest BCUT2D eigenvalue weighted by Gasteiger charge is -2.23. The van der Waals surface area contributed by atoms with Gasteiger partial charge in [0.2, 0.25) is 0 Å². The van der Waals surface area contributed by atoms with Crippen LogP contribution in [0.4, 0.5) is 15.0 Å². The van der Waals surface area contributed by atoms with E-state index in [1.807, 2.05) is 0 Å². The molecule has 3 N–H and O–H groups in total. The van der Waals surface area contributed by atoms with E-state index in [1.165, 1.54) is 19.9 Å². The van der Waals surface area contributed by atoms with Gasteiger partial charge in [0, 0.05) is 6.20 Å². The SMILES string of the molecule is CC(C)OC(=O)Nc1ccn([C@@H]2O[C@](F)(COC(=O)C(C)C)[C@@H](O)[C@H]2O)c(=O)n1. The van der Waals surface area contributed by atoms with Crippen molar-refractivity contribution in [2.45, 2.75) is 58.1 Å². The predicted molar refractivity (Wildman–Crippen MR) is 95.5 cm³/mol. The highest BCUT2D eigenvalue weighted by Gasteiger charge is 2.57. The summed E-state index contributed by atoms with van der Waals surface area (Å²) in [5.41, 5.74) is -0.993. The van der Waals surface area contributed by atoms with Crippen molar-refractivity contribution in [3.05, 3.63) is 22.7 Å². The molecule has 1 aromatic heterocycles. The summed E-state index contributed by atoms with van der Waals surface area (Å²) < 4.78 is 30.2. The van der Waals surface area contributed by atoms with Gasteiger partial charge in [-0.2, -0.15) is 4.98 Å². The highest BCUT2D eigenvalue weighted by Crippen LogP contribution is 2.38. The number of aliphatic hydroxyl groups excluding tert-OH is 2. The van der Waals surface area contributed by atoms with Crippen molar-refractivity contribution in [1.82, 2.24) is 9.55 Å². The van der Waals surface area contributed by atoms with E-state index in [2.05, 4.69) is 10.3 Å². The molecular weight excluding hydrogens is 393 g/mol. The lowest BCUT2D eigenvalue weighted by Crippen LogP contribution is -2.44. The molecule has 1 aliphatic heterocycles. The molecule has 1 fully saturated rings. The van der Waals surface area contributed by atoms with Gasteiger partial charge < -0.3 is 24.4 Å². The first-order valence-corrected chi connectivity index (χ1v) is 8.91. The number of esters is 1. The van der Waals surface area contributed by atoms with E-state index in [4.69, 9.17) is 14.2 Å². The van der Waals surface area contributed by atoms with E-state index in [9.17, 15) is 29.0 Å². The van der Waals surface area contributed by atoms with Crippen molar-refractivity contribution in [1.29, 1.82) is 0 Å². The van der Waals surface area contributed by atoms with Crippen LogP contribution >= 0.6 is 0 Å². The number of carbonyl (C=O) groups is 2. The number of nitrogens with one attached hydrogen (secondary N) is 1. The topological polar surface area (TPSA) is 149 Å². The molecule has 4 atom stereocenters. The molecule has 1 amide bonds. The highest BCUT2D eigenvalue weighted by atomic mass is 19.2. The van der Waals surface area contributed by atoms with Gasteiger partial charge in [-0.3, -0.25) is 14.7 Å². The molecule has 162 valence electrons. The fraction of sp³-hybridized carbons (Fsp3) is 0.647. The summed E-state index contributed by atoms with van der Waals surface area (Å²) in [5.74, 6) is -4.32. The number of rotatable bonds is 6. The third-order valence-corrected chi connectivity index (χ3v) is 3.93. The molecule has 0 bridgehead atoms. The second-order valence-corrected chi connectivity index (χ2v) is 7.07. The van der Waals surface area contributed by atoms with E-state index in [0.29, 0.717) is 0 Å². The quantitative estimate of drug-likeness (QED) is 0.556. The molecule has 29 heavy (non-hydrogen) atoms. The minimum Gasteiger partial charge on any atom is -0.459 e. The second-order valence-electron chi connectivity index (χ2n) is 7.07. The Morgan fingerprint density at radius 2 is 2.03 bits per heavy atom. The number of hydrogen-bond acceptors (Lipinski definition) is 9. The molecule has 1 aliphatic rings. The van der Waals surface area contributed by atoms with Gasteiger partial charge >= 0.3 is 17.8 Å². The lowest BCUT2D eigenvalue weighted by molar-refractivity contribution is -0.218. The van der Waals surface area contributed by atoms with E-state index in [-0.39, 0.29) is 11.9 Å². The fourth-order valence-electron chi connectivity index (χ4n) is 2.45. The van der Waals surface area contributed by atoms with E-state index in [0.717, 1.165) is 10.8 Å². The maximum Gasteiger partial charge on any atom is 0.413 e. The summed E-state index contributed by atoms with van der Waals surface area (Å²) in [7, 11) is 0. The highest BCUT2D eigenvalue weighted by molar-refractivity contribution is 5.83. The molecule has 11 nitrogen and oxygen atoms in total. The summed E-state index contributed by atoms with van der Waals surface area (Å²) in [5, 5.41) is 22.4. The maximum atomic E-state index is 14.9. The van der Waals surface area contributed by atoms with Crippen LogP contribution in [0.15, 0.2) is 17.1 Å². The second kappa shape index (κ2) is 8.84. The van der Waals surface area contributed by atoms with Crippen molar-refractivity contribution < 1.29 is 38.4 Å². The minimum absolute atomic E-state index is 0.137. The third-order valence-electron chi connectivity index (χ3n) is 3.93. The van der Waals surface area contributed by atoms with Crippen LogP contribution in [-0.2, 0) is 19.0 Å². The number of aliphatic hydroxyl groups is 2. The summed E-state index contributed by atoms with van der Waals surface area (Å²) in [6.07, 6.45) is -5.69. The first-order valence-electron chi connectivity index (χ1n) is 8.91. The number of halogens is 1. The van der Waals surface area contributed by atoms with Crippen LogP contribution in [0.5, 0.6) is 0 Å². The van der Waals surface area contributed by atoms with Crippen LogP contribution in [0.3, 0.4) is 0 Å². The zero-order valence-corrected chi connectivity index (χ0v) is 16.4. The first-order chi connectivity index (χ1) is 13.4. The van der Waals surface area contributed by atoms with Gasteiger partial charge in [0.15, 0.2) is 12.8 Å². The van der Waals surface area contributed by atoms with Gasteiger partial charge in [0.05, 0.1) is 12.0 Å². The van der Waals surface area contributed by atoms with Crippen LogP contribution < -0.4 is 11.0 Å². The van der Waals surface area contributed by atoms with E-state index in [1.54, 1.807) is 13.8 Å². The van der Waals surface area contributed by atoms with Crippen molar-refractivity contribution in [3.63, 3.8) is 0 Å². The van der Waals surface area contributed by atoms with Crippen LogP contribution in [0.2, 0.25) is 0 Å². The van der Waals surface area contributed by atoms with Gasteiger partial charge in [0.1, 0.15) is 18.0 Å². The normalized spacial score (nSPS) is 26.6. The van der Waals surface area contributed by atoms with Gasteiger partial charge in [-0.1, -0.05) is 13.8 Å². The summed E-state index contributed by atoms with van der Waals surface area (Å²) >= 11 is 0. The minimum atomic E-state index is -2.92. The zero-order valence-electron chi connectivity index (χ0n) is 16.4. The molecule has 0 saturated carbocycles. The number of carbonyl (C=O) groups excluding carboxylic acids is 2. The predicted octanol–water partition coefficient (Wildman–Crippen LogP) is 0.316. The van der Waals surface area contributed by atoms with Crippen LogP contribution in [0, 0.1) is 5.92 Å². The monoisotopic (exact) mass is 417 g/mol. The average Bonchev–Trinajstić information content (AvgIpc) is 2.83. The number of alkyl halides is 1. The van der Waals surface area contributed by atoms with Crippen molar-refractivity contribution in [3.8, 4) is 0 Å². The Kier molecular flexibility index (Phi) is 6.93. The molecule has 1 saturated heterocycles. The molecule has 0 spiro atoms. The molecule has 0 radical (unpaired) electrons. The molecular formula is C17H24FN3O8. The Morgan fingerprint density at radius 1 is 1.38 bits per heavy atom. The molecule has 1 aromatic rings. The summed E-state index contributed by atoms with van der Waals surface area (Å²) in [6, 6.07) is 1.20. The standard InChI is InChI=1S/C17H24FN3O8/c1-8(2)14(24)27-7-17(18)12(23)11(22)13(29-17)21-6-5-10(19-15(21)25)20-16(26)28-9(3)4/h5-6,8-9,11-13,22-23H,7H2,1-4H3,(H,19,20,25,26)/t11-,12+,13-,17-/m1/s1. The number of hydrogen-bond donors (Lipinski definition) is 3. The summed E-state index contributed by atoms with van der Waals surface area (Å²) in [4.78, 5) is 38.9. The Hall–Kier alpha value is -2.57. The molecule has 0 aliphatic carbocycles. The van der Waals surface area contributed by atoms with Gasteiger partial charge in [-0.05, 0) is 19.9 Å². The molecule has 12 heteroatoms. The molecule has 0 unspecified atom stereocenters. The lowest BCUT2D eigenvalue weighted by atomic mass is 10.1. The maximum absolute atomic E-state index is 14.9. The van der Waals surface area contributed by atoms with Crippen LogP contribution in [0.1, 0.15) is 33.9 Å². The average molecular weight is 417 g/mol. The number of ether oxygens (including phenoxy) is 3. The third kappa shape index (κ3) is 5.28. The van der Waals surface area contributed by atoms with Gasteiger partial charge in [-0.25, -0.2) is 14.0 Å². The molecule has 0 aromatic carbocycles. The van der Waals surface area contributed by atoms with Crippen molar-refractivity contribution in [2.24, 2.45) is 5.92 Å². The first kappa shape index (κ1) is 22.7. The Labute approximate surface area is 165 Å². The van der Waals surface area contributed by atoms with Gasteiger partial charge in [-0.15, -0.1) is 0 Å². The Morgan fingerprint density at radius 3 is 2.59 bits per heavy atom. The van der Waals surface area contributed by atoms with Crippen LogP contribution in [0.25, 0.3) is 0 Å². The van der Waals surface area contributed by atoms with Crippen molar-refractivity contribution in [2.75, 3.05) is 11.9 Å². The van der Waals surface area contributed by atoms with E-state index >= 15 is 0 Å². The number of amides is 1. The molecule has 2 heterocycles. The Balaban J connectivity index is 2.14. The van der Waals surface area contributed by atoms with Crippen molar-refractivity contribution >= 4 is 17.9 Å². The smallest absolute Gasteiger partial charge is 0.413 e. The Bertz CT molecular complexity index is 814. The largest absolute Gasteiger partial charge is 0.459 e. The number of aromatic nitrogens is 2. The summed E-state index contributed by atoms with van der Waals surface area (Å²) in [6.45, 7) is 5.37. The van der Waals surface area contributed by atoms with E-state index < -0.39 is 54.6 Å².